The zero-order valence-corrected chi connectivity index (χ0v) is 21.3. The molecule has 0 radical (unpaired) electrons. The Kier molecular flexibility index (Phi) is 12.8. The van der Waals surface area contributed by atoms with Gasteiger partial charge in [0.1, 0.15) is 11.9 Å². The summed E-state index contributed by atoms with van der Waals surface area (Å²) >= 11 is 0. The molecule has 7 nitrogen and oxygen atoms in total. The highest BCUT2D eigenvalue weighted by Crippen LogP contribution is 2.44. The highest BCUT2D eigenvalue weighted by atomic mass is 19.1. The van der Waals surface area contributed by atoms with Crippen molar-refractivity contribution < 1.29 is 38.4 Å². The van der Waals surface area contributed by atoms with Gasteiger partial charge in [-0.05, 0) is 50.5 Å². The Hall–Kier alpha value is -1.93. The maximum absolute atomic E-state index is 14.6. The Balaban J connectivity index is 2.39. The Bertz CT molecular complexity index is 710. The van der Waals surface area contributed by atoms with Crippen molar-refractivity contribution in [3.63, 3.8) is 0 Å². The van der Waals surface area contributed by atoms with Crippen LogP contribution in [0.4, 0.5) is 4.39 Å². The third-order valence-corrected chi connectivity index (χ3v) is 7.10. The number of hydrogen-bond donors (Lipinski definition) is 2. The fourth-order valence-corrected chi connectivity index (χ4v) is 5.00. The van der Waals surface area contributed by atoms with E-state index in [4.69, 9.17) is 9.47 Å². The van der Waals surface area contributed by atoms with Gasteiger partial charge in [0.2, 0.25) is 0 Å². The lowest BCUT2D eigenvalue weighted by Gasteiger charge is -2.39. The number of carbonyl (C=O) groups is 2. The first-order valence-corrected chi connectivity index (χ1v) is 13.1. The van der Waals surface area contributed by atoms with E-state index in [0.29, 0.717) is 32.3 Å². The lowest BCUT2D eigenvalue weighted by Crippen LogP contribution is -2.52. The minimum atomic E-state index is -2.08. The monoisotopic (exact) mass is 498 g/mol. The molecule has 1 aliphatic carbocycles. The number of alkyl halides is 1. The summed E-state index contributed by atoms with van der Waals surface area (Å²) in [7, 11) is 1.30. The SMILES string of the molecule is CCCCC(F)CC=C(OC1CCCCO1)[C@H](CC=CCC(=O)OC)[C@@](O)(C(=O)O)C1CCCC1. The van der Waals surface area contributed by atoms with Crippen molar-refractivity contribution in [1.82, 2.24) is 0 Å². The fraction of sp³-hybridized carbons (Fsp3) is 0.778. The molecule has 0 aromatic rings. The third kappa shape index (κ3) is 8.90. The number of methoxy groups -OCH3 is 1. The summed E-state index contributed by atoms with van der Waals surface area (Å²) in [6, 6.07) is 0. The van der Waals surface area contributed by atoms with Crippen molar-refractivity contribution in [1.29, 1.82) is 0 Å². The van der Waals surface area contributed by atoms with E-state index in [1.807, 2.05) is 6.92 Å². The van der Waals surface area contributed by atoms with E-state index >= 15 is 0 Å². The van der Waals surface area contributed by atoms with Crippen LogP contribution in [-0.4, -0.2) is 53.9 Å². The molecule has 2 fully saturated rings. The first-order chi connectivity index (χ1) is 16.8. The average molecular weight is 499 g/mol. The fourth-order valence-electron chi connectivity index (χ4n) is 5.00. The Labute approximate surface area is 208 Å². The van der Waals surface area contributed by atoms with Crippen LogP contribution in [0.5, 0.6) is 0 Å². The third-order valence-electron chi connectivity index (χ3n) is 7.10. The van der Waals surface area contributed by atoms with Crippen LogP contribution in [0.25, 0.3) is 0 Å². The number of allylic oxidation sites excluding steroid dienone is 2. The molecule has 0 amide bonds. The van der Waals surface area contributed by atoms with Crippen LogP contribution in [0.15, 0.2) is 24.0 Å². The molecular formula is C27H43FO7. The van der Waals surface area contributed by atoms with E-state index in [9.17, 15) is 24.2 Å². The molecule has 0 spiro atoms. The second-order valence-corrected chi connectivity index (χ2v) is 9.65. The highest BCUT2D eigenvalue weighted by molar-refractivity contribution is 5.79. The normalized spacial score (nSPS) is 23.1. The van der Waals surface area contributed by atoms with E-state index in [-0.39, 0.29) is 25.0 Å². The van der Waals surface area contributed by atoms with Gasteiger partial charge in [0.05, 0.1) is 26.1 Å². The highest BCUT2D eigenvalue weighted by Gasteiger charge is 2.53. The van der Waals surface area contributed by atoms with E-state index < -0.39 is 41.8 Å². The number of carboxylic acid groups (broad SMARTS) is 1. The second-order valence-electron chi connectivity index (χ2n) is 9.65. The van der Waals surface area contributed by atoms with Crippen molar-refractivity contribution >= 4 is 11.9 Å². The van der Waals surface area contributed by atoms with Crippen LogP contribution in [0.1, 0.15) is 90.4 Å². The van der Waals surface area contributed by atoms with Crippen LogP contribution in [-0.2, 0) is 23.8 Å². The number of carbonyl (C=O) groups excluding carboxylic acids is 1. The molecule has 35 heavy (non-hydrogen) atoms. The van der Waals surface area contributed by atoms with Crippen molar-refractivity contribution in [3.8, 4) is 0 Å². The molecule has 0 bridgehead atoms. The summed E-state index contributed by atoms with van der Waals surface area (Å²) in [6.07, 6.45) is 10.9. The topological polar surface area (TPSA) is 102 Å². The lowest BCUT2D eigenvalue weighted by molar-refractivity contribution is -0.182. The number of esters is 1. The summed E-state index contributed by atoms with van der Waals surface area (Å²) in [5, 5.41) is 22.0. The van der Waals surface area contributed by atoms with Gasteiger partial charge < -0.3 is 24.4 Å². The standard InChI is InChI=1S/C27H43FO7/c1-3-4-13-21(28)17-18-23(35-25-16-9-10-19-34-25)22(14-7-8-15-24(29)33-2)27(32,26(30)31)20-11-5-6-12-20/h7-8,18,20-22,25,32H,3-6,9-17,19H2,1-2H3,(H,30,31)/t21?,22-,25?,27+/m0/s1. The first-order valence-electron chi connectivity index (χ1n) is 13.1. The molecule has 1 heterocycles. The summed E-state index contributed by atoms with van der Waals surface area (Å²) in [5.41, 5.74) is -2.08. The predicted molar refractivity (Wildman–Crippen MR) is 130 cm³/mol. The van der Waals surface area contributed by atoms with Crippen molar-refractivity contribution in [2.24, 2.45) is 11.8 Å². The van der Waals surface area contributed by atoms with Gasteiger partial charge in [0.15, 0.2) is 11.9 Å². The molecule has 4 atom stereocenters. The molecule has 0 aromatic heterocycles. The van der Waals surface area contributed by atoms with Crippen LogP contribution in [0.2, 0.25) is 0 Å². The number of aliphatic hydroxyl groups is 1. The molecule has 200 valence electrons. The Morgan fingerprint density at radius 3 is 2.46 bits per heavy atom. The minimum Gasteiger partial charge on any atom is -0.479 e. The number of hydrogen-bond acceptors (Lipinski definition) is 6. The molecule has 2 N–H and O–H groups in total. The van der Waals surface area contributed by atoms with Crippen molar-refractivity contribution in [2.45, 2.75) is 108 Å². The molecule has 0 aromatic carbocycles. The summed E-state index contributed by atoms with van der Waals surface area (Å²) < 4.78 is 31.2. The summed E-state index contributed by atoms with van der Waals surface area (Å²) in [4.78, 5) is 24.1. The zero-order chi connectivity index (χ0) is 25.7. The second kappa shape index (κ2) is 15.2. The maximum Gasteiger partial charge on any atom is 0.336 e. The average Bonchev–Trinajstić information content (AvgIpc) is 3.41. The maximum atomic E-state index is 14.6. The number of carboxylic acids is 1. The first kappa shape index (κ1) is 29.3. The van der Waals surface area contributed by atoms with Crippen molar-refractivity contribution in [3.05, 3.63) is 24.0 Å². The van der Waals surface area contributed by atoms with Gasteiger partial charge in [-0.15, -0.1) is 0 Å². The largest absolute Gasteiger partial charge is 0.479 e. The van der Waals surface area contributed by atoms with Crippen LogP contribution < -0.4 is 0 Å². The van der Waals surface area contributed by atoms with E-state index in [2.05, 4.69) is 4.74 Å². The Morgan fingerprint density at radius 1 is 1.14 bits per heavy atom. The Morgan fingerprint density at radius 2 is 1.86 bits per heavy atom. The van der Waals surface area contributed by atoms with Gasteiger partial charge in [0, 0.05) is 12.8 Å². The zero-order valence-electron chi connectivity index (χ0n) is 21.3. The lowest BCUT2D eigenvalue weighted by atomic mass is 9.73. The molecule has 2 aliphatic rings. The predicted octanol–water partition coefficient (Wildman–Crippen LogP) is 5.46. The van der Waals surface area contributed by atoms with Crippen LogP contribution in [0, 0.1) is 11.8 Å². The van der Waals surface area contributed by atoms with E-state index in [0.717, 1.165) is 38.5 Å². The van der Waals surface area contributed by atoms with Gasteiger partial charge >= 0.3 is 11.9 Å². The number of aliphatic carboxylic acids is 1. The molecule has 2 unspecified atom stereocenters. The molecular weight excluding hydrogens is 455 g/mol. The van der Waals surface area contributed by atoms with Gasteiger partial charge in [-0.25, -0.2) is 9.18 Å². The molecule has 8 heteroatoms. The van der Waals surface area contributed by atoms with Gasteiger partial charge in [-0.3, -0.25) is 4.79 Å². The number of ether oxygens (including phenoxy) is 3. The summed E-state index contributed by atoms with van der Waals surface area (Å²) in [6.45, 7) is 2.54. The quantitative estimate of drug-likeness (QED) is 0.175. The van der Waals surface area contributed by atoms with Crippen LogP contribution >= 0.6 is 0 Å². The molecule has 1 saturated carbocycles. The number of unbranched alkanes of at least 4 members (excludes halogenated alkanes) is 1. The van der Waals surface area contributed by atoms with E-state index in [1.54, 1.807) is 18.2 Å². The van der Waals surface area contributed by atoms with E-state index in [1.165, 1.54) is 7.11 Å². The summed E-state index contributed by atoms with van der Waals surface area (Å²) in [5.74, 6) is -2.85. The van der Waals surface area contributed by atoms with Crippen molar-refractivity contribution in [2.75, 3.05) is 13.7 Å². The van der Waals surface area contributed by atoms with Crippen LogP contribution in [0.3, 0.4) is 0 Å². The number of halogens is 1. The van der Waals surface area contributed by atoms with Gasteiger partial charge in [0.25, 0.3) is 0 Å². The number of rotatable bonds is 15. The molecule has 2 rings (SSSR count). The minimum absolute atomic E-state index is 0.0351. The molecule has 1 saturated heterocycles. The van der Waals surface area contributed by atoms with Gasteiger partial charge in [-0.1, -0.05) is 44.8 Å². The smallest absolute Gasteiger partial charge is 0.336 e. The molecule has 1 aliphatic heterocycles. The van der Waals surface area contributed by atoms with Gasteiger partial charge in [-0.2, -0.15) is 0 Å².